The van der Waals surface area contributed by atoms with Crippen molar-refractivity contribution in [3.8, 4) is 0 Å². The van der Waals surface area contributed by atoms with Crippen LogP contribution >= 0.6 is 0 Å². The van der Waals surface area contributed by atoms with Crippen LogP contribution in [-0.2, 0) is 9.53 Å². The van der Waals surface area contributed by atoms with Gasteiger partial charge in [-0.15, -0.1) is 0 Å². The first kappa shape index (κ1) is 12.5. The lowest BCUT2D eigenvalue weighted by Crippen LogP contribution is -2.26. The van der Waals surface area contributed by atoms with Gasteiger partial charge in [-0.05, 0) is 25.2 Å². The Balaban J connectivity index is 2.26. The molecule has 1 aliphatic rings. The number of aliphatic hydroxyl groups excluding tert-OH is 1. The van der Waals surface area contributed by atoms with E-state index in [1.54, 1.807) is 0 Å². The van der Waals surface area contributed by atoms with E-state index in [4.69, 9.17) is 4.74 Å². The highest BCUT2D eigenvalue weighted by Gasteiger charge is 2.26. The molecule has 0 aromatic carbocycles. The Morgan fingerprint density at radius 1 is 1.53 bits per heavy atom. The molecule has 3 atom stereocenters. The molecule has 15 heavy (non-hydrogen) atoms. The number of hydrogen-bond donors (Lipinski definition) is 1. The lowest BCUT2D eigenvalue weighted by Gasteiger charge is -2.25. The molecule has 1 rings (SSSR count). The van der Waals surface area contributed by atoms with E-state index in [1.807, 2.05) is 6.92 Å². The molecule has 0 aliphatic heterocycles. The first-order valence-corrected chi connectivity index (χ1v) is 5.98. The maximum atomic E-state index is 11.6. The fraction of sp³-hybridized carbons (Fsp3) is 0.917. The number of carbonyl (C=O) groups excluding carboxylic acids is 1. The van der Waals surface area contributed by atoms with Gasteiger partial charge in [-0.3, -0.25) is 4.79 Å². The second-order valence-corrected chi connectivity index (χ2v) is 4.66. The largest absolute Gasteiger partial charge is 0.463 e. The number of hydrogen-bond acceptors (Lipinski definition) is 3. The summed E-state index contributed by atoms with van der Waals surface area (Å²) in [5.74, 6) is 0.583. The maximum absolute atomic E-state index is 11.6. The maximum Gasteiger partial charge on any atom is 0.309 e. The van der Waals surface area contributed by atoms with Crippen LogP contribution in [0.5, 0.6) is 0 Å². The van der Waals surface area contributed by atoms with Crippen LogP contribution < -0.4 is 0 Å². The molecule has 0 aromatic heterocycles. The van der Waals surface area contributed by atoms with Crippen LogP contribution in [0.1, 0.15) is 46.0 Å². The number of aliphatic hydroxyl groups is 1. The molecule has 0 spiro atoms. The molecule has 0 bridgehead atoms. The molecule has 88 valence electrons. The lowest BCUT2D eigenvalue weighted by atomic mass is 9.82. The SMILES string of the molecule is CCC(O)COC(=O)C1CCCC(C)C1. The average molecular weight is 214 g/mol. The summed E-state index contributed by atoms with van der Waals surface area (Å²) >= 11 is 0. The highest BCUT2D eigenvalue weighted by Crippen LogP contribution is 2.29. The third-order valence-electron chi connectivity index (χ3n) is 3.16. The Morgan fingerprint density at radius 2 is 2.27 bits per heavy atom. The highest BCUT2D eigenvalue weighted by molar-refractivity contribution is 5.72. The zero-order chi connectivity index (χ0) is 11.3. The van der Waals surface area contributed by atoms with Gasteiger partial charge in [0.15, 0.2) is 0 Å². The Labute approximate surface area is 91.8 Å². The zero-order valence-electron chi connectivity index (χ0n) is 9.74. The van der Waals surface area contributed by atoms with Gasteiger partial charge in [0.1, 0.15) is 6.61 Å². The third-order valence-corrected chi connectivity index (χ3v) is 3.16. The summed E-state index contributed by atoms with van der Waals surface area (Å²) in [5, 5.41) is 9.28. The highest BCUT2D eigenvalue weighted by atomic mass is 16.5. The molecule has 1 fully saturated rings. The van der Waals surface area contributed by atoms with E-state index in [9.17, 15) is 9.90 Å². The number of esters is 1. The van der Waals surface area contributed by atoms with E-state index >= 15 is 0 Å². The first-order valence-electron chi connectivity index (χ1n) is 5.98. The van der Waals surface area contributed by atoms with Gasteiger partial charge in [0.2, 0.25) is 0 Å². The van der Waals surface area contributed by atoms with Crippen molar-refractivity contribution in [2.45, 2.75) is 52.1 Å². The fourth-order valence-electron chi connectivity index (χ4n) is 2.06. The number of ether oxygens (including phenoxy) is 1. The molecule has 0 aromatic rings. The normalized spacial score (nSPS) is 28.5. The molecule has 1 N–H and O–H groups in total. The van der Waals surface area contributed by atoms with E-state index in [0.717, 1.165) is 19.3 Å². The smallest absolute Gasteiger partial charge is 0.309 e. The summed E-state index contributed by atoms with van der Waals surface area (Å²) in [4.78, 5) is 11.6. The van der Waals surface area contributed by atoms with Gasteiger partial charge in [0.25, 0.3) is 0 Å². The average Bonchev–Trinajstić information content (AvgIpc) is 2.25. The number of carbonyl (C=O) groups is 1. The van der Waals surface area contributed by atoms with Gasteiger partial charge in [0, 0.05) is 0 Å². The predicted molar refractivity (Wildman–Crippen MR) is 58.4 cm³/mol. The third kappa shape index (κ3) is 4.20. The minimum atomic E-state index is -0.505. The molecule has 1 saturated carbocycles. The molecule has 0 heterocycles. The van der Waals surface area contributed by atoms with Crippen molar-refractivity contribution in [3.05, 3.63) is 0 Å². The second kappa shape index (κ2) is 6.11. The van der Waals surface area contributed by atoms with E-state index in [2.05, 4.69) is 6.92 Å². The monoisotopic (exact) mass is 214 g/mol. The van der Waals surface area contributed by atoms with Gasteiger partial charge in [-0.2, -0.15) is 0 Å². The molecule has 1 aliphatic carbocycles. The van der Waals surface area contributed by atoms with Crippen molar-refractivity contribution < 1.29 is 14.6 Å². The number of rotatable bonds is 4. The summed E-state index contributed by atoms with van der Waals surface area (Å²) in [7, 11) is 0. The summed E-state index contributed by atoms with van der Waals surface area (Å²) < 4.78 is 5.09. The van der Waals surface area contributed by atoms with Crippen LogP contribution in [0.2, 0.25) is 0 Å². The van der Waals surface area contributed by atoms with Crippen molar-refractivity contribution in [1.82, 2.24) is 0 Å². The van der Waals surface area contributed by atoms with E-state index in [-0.39, 0.29) is 18.5 Å². The summed E-state index contributed by atoms with van der Waals surface area (Å²) in [6.07, 6.45) is 4.37. The Hall–Kier alpha value is -0.570. The zero-order valence-corrected chi connectivity index (χ0v) is 9.74. The van der Waals surface area contributed by atoms with Gasteiger partial charge < -0.3 is 9.84 Å². The minimum Gasteiger partial charge on any atom is -0.463 e. The van der Waals surface area contributed by atoms with Crippen molar-refractivity contribution in [2.24, 2.45) is 11.8 Å². The van der Waals surface area contributed by atoms with Crippen molar-refractivity contribution >= 4 is 5.97 Å². The molecule has 3 unspecified atom stereocenters. The topological polar surface area (TPSA) is 46.5 Å². The standard InChI is InChI=1S/C12H22O3/c1-3-11(13)8-15-12(14)10-6-4-5-9(2)7-10/h9-11,13H,3-8H2,1-2H3. The van der Waals surface area contributed by atoms with Crippen molar-refractivity contribution in [3.63, 3.8) is 0 Å². The van der Waals surface area contributed by atoms with Crippen LogP contribution in [-0.4, -0.2) is 23.8 Å². The van der Waals surface area contributed by atoms with Crippen LogP contribution in [0.3, 0.4) is 0 Å². The van der Waals surface area contributed by atoms with Gasteiger partial charge in [0.05, 0.1) is 12.0 Å². The quantitative estimate of drug-likeness (QED) is 0.729. The van der Waals surface area contributed by atoms with E-state index in [0.29, 0.717) is 12.3 Å². The van der Waals surface area contributed by atoms with Crippen LogP contribution in [0, 0.1) is 11.8 Å². The molecule has 3 heteroatoms. The molecule has 0 saturated heterocycles. The Kier molecular flexibility index (Phi) is 5.09. The Morgan fingerprint density at radius 3 is 2.87 bits per heavy atom. The second-order valence-electron chi connectivity index (χ2n) is 4.66. The summed E-state index contributed by atoms with van der Waals surface area (Å²) in [6.45, 7) is 4.21. The van der Waals surface area contributed by atoms with E-state index in [1.165, 1.54) is 6.42 Å². The molecular formula is C12H22O3. The van der Waals surface area contributed by atoms with Crippen LogP contribution in [0.25, 0.3) is 0 Å². The lowest BCUT2D eigenvalue weighted by molar-refractivity contribution is -0.153. The molecule has 3 nitrogen and oxygen atoms in total. The van der Waals surface area contributed by atoms with Crippen LogP contribution in [0.15, 0.2) is 0 Å². The molecular weight excluding hydrogens is 192 g/mol. The van der Waals surface area contributed by atoms with Gasteiger partial charge in [-0.1, -0.05) is 26.7 Å². The van der Waals surface area contributed by atoms with Crippen molar-refractivity contribution in [2.75, 3.05) is 6.61 Å². The van der Waals surface area contributed by atoms with Crippen molar-refractivity contribution in [1.29, 1.82) is 0 Å². The Bertz CT molecular complexity index is 203. The molecule has 0 radical (unpaired) electrons. The molecule has 0 amide bonds. The van der Waals surface area contributed by atoms with Gasteiger partial charge in [-0.25, -0.2) is 0 Å². The minimum absolute atomic E-state index is 0.0674. The summed E-state index contributed by atoms with van der Waals surface area (Å²) in [6, 6.07) is 0. The summed E-state index contributed by atoms with van der Waals surface area (Å²) in [5.41, 5.74) is 0. The predicted octanol–water partition coefficient (Wildman–Crippen LogP) is 2.13. The van der Waals surface area contributed by atoms with Crippen LogP contribution in [0.4, 0.5) is 0 Å². The van der Waals surface area contributed by atoms with Gasteiger partial charge >= 0.3 is 5.97 Å². The fourth-order valence-corrected chi connectivity index (χ4v) is 2.06. The first-order chi connectivity index (χ1) is 7.13. The van der Waals surface area contributed by atoms with E-state index < -0.39 is 6.10 Å².